The van der Waals surface area contributed by atoms with Crippen molar-refractivity contribution in [2.75, 3.05) is 26.5 Å². The predicted molar refractivity (Wildman–Crippen MR) is 140 cm³/mol. The van der Waals surface area contributed by atoms with E-state index in [4.69, 9.17) is 14.2 Å². The average molecular weight is 488 g/mol. The number of hydrogen-bond acceptors (Lipinski definition) is 6. The lowest BCUT2D eigenvalue weighted by molar-refractivity contribution is 0.106. The second-order valence-electron chi connectivity index (χ2n) is 9.37. The molecule has 1 saturated carbocycles. The van der Waals surface area contributed by atoms with Crippen molar-refractivity contribution in [1.82, 2.24) is 5.32 Å². The lowest BCUT2D eigenvalue weighted by atomic mass is 9.87. The molecule has 5 rings (SSSR count). The highest BCUT2D eigenvalue weighted by molar-refractivity contribution is 6.00. The largest absolute Gasteiger partial charge is 0.508 e. The van der Waals surface area contributed by atoms with Gasteiger partial charge in [0.1, 0.15) is 24.2 Å². The molecule has 0 aromatic heterocycles. The quantitative estimate of drug-likeness (QED) is 0.254. The smallest absolute Gasteiger partial charge is 0.231 e. The van der Waals surface area contributed by atoms with Gasteiger partial charge in [0, 0.05) is 6.54 Å². The molecule has 3 N–H and O–H groups in total. The highest BCUT2D eigenvalue weighted by Gasteiger charge is 2.31. The third-order valence-electron chi connectivity index (χ3n) is 6.49. The second kappa shape index (κ2) is 11.1. The molecule has 1 unspecified atom stereocenters. The van der Waals surface area contributed by atoms with Gasteiger partial charge in [0.2, 0.25) is 6.79 Å². The van der Waals surface area contributed by atoms with Gasteiger partial charge in [-0.2, -0.15) is 0 Å². The number of aromatic hydroxyl groups is 1. The molecule has 1 aliphatic heterocycles. The Hall–Kier alpha value is -3.48. The minimum absolute atomic E-state index is 0.237. The molecular formula is C30H33NO5. The molecule has 6 heteroatoms. The van der Waals surface area contributed by atoms with Crippen LogP contribution in [0.1, 0.15) is 42.9 Å². The van der Waals surface area contributed by atoms with Crippen LogP contribution in [-0.4, -0.2) is 42.8 Å². The van der Waals surface area contributed by atoms with Gasteiger partial charge >= 0.3 is 0 Å². The fourth-order valence-corrected chi connectivity index (χ4v) is 4.54. The van der Waals surface area contributed by atoms with E-state index in [1.807, 2.05) is 30.3 Å². The van der Waals surface area contributed by atoms with Crippen LogP contribution in [0.15, 0.2) is 66.7 Å². The summed E-state index contributed by atoms with van der Waals surface area (Å²) < 4.78 is 17.0. The van der Waals surface area contributed by atoms with E-state index in [2.05, 4.69) is 36.5 Å². The Bertz CT molecular complexity index is 1200. The van der Waals surface area contributed by atoms with Crippen molar-refractivity contribution in [3.8, 4) is 23.0 Å². The van der Waals surface area contributed by atoms with Crippen LogP contribution in [-0.2, 0) is 0 Å². The lowest BCUT2D eigenvalue weighted by Gasteiger charge is -2.18. The van der Waals surface area contributed by atoms with E-state index in [0.29, 0.717) is 12.5 Å². The SMILES string of the molecule is CCCNCC(O)COc1ccc(/C(=C(/c2ccc3c(c2)OCO3)C2CC2)c2ccc(O)cc2)cc1. The van der Waals surface area contributed by atoms with Crippen molar-refractivity contribution in [1.29, 1.82) is 0 Å². The minimum atomic E-state index is -0.559. The number of hydrogen-bond donors (Lipinski definition) is 3. The first-order chi connectivity index (χ1) is 17.6. The zero-order valence-corrected chi connectivity index (χ0v) is 20.6. The fourth-order valence-electron chi connectivity index (χ4n) is 4.54. The predicted octanol–water partition coefficient (Wildman–Crippen LogP) is 5.23. The maximum atomic E-state index is 10.2. The molecule has 36 heavy (non-hydrogen) atoms. The Balaban J connectivity index is 1.47. The first-order valence-electron chi connectivity index (χ1n) is 12.7. The molecule has 0 bridgehead atoms. The first-order valence-corrected chi connectivity index (χ1v) is 12.7. The molecule has 0 amide bonds. The van der Waals surface area contributed by atoms with E-state index < -0.39 is 6.10 Å². The minimum Gasteiger partial charge on any atom is -0.508 e. The van der Waals surface area contributed by atoms with Crippen molar-refractivity contribution in [3.05, 3.63) is 83.4 Å². The highest BCUT2D eigenvalue weighted by atomic mass is 16.7. The summed E-state index contributed by atoms with van der Waals surface area (Å²) in [5.74, 6) is 2.95. The molecule has 188 valence electrons. The Morgan fingerprint density at radius 2 is 1.61 bits per heavy atom. The van der Waals surface area contributed by atoms with Gasteiger partial charge in [-0.25, -0.2) is 0 Å². The van der Waals surface area contributed by atoms with E-state index >= 15 is 0 Å². The van der Waals surface area contributed by atoms with Gasteiger partial charge < -0.3 is 29.7 Å². The molecule has 1 atom stereocenters. The maximum Gasteiger partial charge on any atom is 0.231 e. The van der Waals surface area contributed by atoms with Gasteiger partial charge in [-0.15, -0.1) is 0 Å². The standard InChI is InChI=1S/C30H33NO5/c1-2-15-31-17-25(33)18-34-26-12-7-22(8-13-26)29(21-5-10-24(32)11-6-21)30(20-3-4-20)23-9-14-27-28(16-23)36-19-35-27/h5-14,16,20,25,31-33H,2-4,15,17-19H2,1H3/b30-29+. The molecule has 1 fully saturated rings. The van der Waals surface area contributed by atoms with E-state index in [0.717, 1.165) is 65.3 Å². The van der Waals surface area contributed by atoms with Gasteiger partial charge in [0.25, 0.3) is 0 Å². The Morgan fingerprint density at radius 3 is 2.31 bits per heavy atom. The van der Waals surface area contributed by atoms with Crippen LogP contribution in [0.25, 0.3) is 11.1 Å². The Morgan fingerprint density at radius 1 is 0.944 bits per heavy atom. The van der Waals surface area contributed by atoms with Crippen LogP contribution >= 0.6 is 0 Å². The molecule has 3 aromatic carbocycles. The molecule has 1 aliphatic carbocycles. The van der Waals surface area contributed by atoms with E-state index in [-0.39, 0.29) is 19.1 Å². The summed E-state index contributed by atoms with van der Waals surface area (Å²) >= 11 is 0. The van der Waals surface area contributed by atoms with Crippen LogP contribution in [0.2, 0.25) is 0 Å². The third kappa shape index (κ3) is 5.66. The molecule has 6 nitrogen and oxygen atoms in total. The topological polar surface area (TPSA) is 80.2 Å². The molecule has 1 heterocycles. The molecular weight excluding hydrogens is 454 g/mol. The summed E-state index contributed by atoms with van der Waals surface area (Å²) in [4.78, 5) is 0. The normalized spacial score (nSPS) is 15.9. The fraction of sp³-hybridized carbons (Fsp3) is 0.333. The van der Waals surface area contributed by atoms with Crippen molar-refractivity contribution in [2.24, 2.45) is 5.92 Å². The lowest BCUT2D eigenvalue weighted by Crippen LogP contribution is -2.31. The van der Waals surface area contributed by atoms with E-state index in [1.54, 1.807) is 12.1 Å². The number of allylic oxidation sites excluding steroid dienone is 1. The summed E-state index contributed by atoms with van der Waals surface area (Å²) in [7, 11) is 0. The van der Waals surface area contributed by atoms with Gasteiger partial charge in [-0.1, -0.05) is 37.3 Å². The van der Waals surface area contributed by atoms with Crippen LogP contribution in [0, 0.1) is 5.92 Å². The number of ether oxygens (including phenoxy) is 3. The summed E-state index contributed by atoms with van der Waals surface area (Å²) in [6.45, 7) is 3.97. The number of fused-ring (bicyclic) bond motifs is 1. The van der Waals surface area contributed by atoms with Gasteiger partial charge in [-0.3, -0.25) is 0 Å². The Kier molecular flexibility index (Phi) is 7.44. The van der Waals surface area contributed by atoms with Crippen LogP contribution in [0.3, 0.4) is 0 Å². The van der Waals surface area contributed by atoms with Crippen molar-refractivity contribution in [3.63, 3.8) is 0 Å². The van der Waals surface area contributed by atoms with E-state index in [9.17, 15) is 10.2 Å². The van der Waals surface area contributed by atoms with Gasteiger partial charge in [0.15, 0.2) is 11.5 Å². The summed E-state index contributed by atoms with van der Waals surface area (Å²) in [6, 6.07) is 21.6. The number of phenolic OH excluding ortho intramolecular Hbond substituents is 1. The number of rotatable bonds is 11. The zero-order valence-electron chi connectivity index (χ0n) is 20.6. The van der Waals surface area contributed by atoms with Crippen LogP contribution in [0.4, 0.5) is 0 Å². The number of phenols is 1. The number of benzene rings is 3. The first kappa shape index (κ1) is 24.2. The highest BCUT2D eigenvalue weighted by Crippen LogP contribution is 2.49. The molecule has 0 spiro atoms. The monoisotopic (exact) mass is 487 g/mol. The number of aliphatic hydroxyl groups excluding tert-OH is 1. The van der Waals surface area contributed by atoms with Crippen LogP contribution in [0.5, 0.6) is 23.0 Å². The maximum absolute atomic E-state index is 10.2. The molecule has 2 aliphatic rings. The second-order valence-corrected chi connectivity index (χ2v) is 9.37. The summed E-state index contributed by atoms with van der Waals surface area (Å²) in [5, 5.41) is 23.3. The summed E-state index contributed by atoms with van der Waals surface area (Å²) in [5.41, 5.74) is 5.63. The summed E-state index contributed by atoms with van der Waals surface area (Å²) in [6.07, 6.45) is 2.74. The van der Waals surface area contributed by atoms with Crippen molar-refractivity contribution >= 4 is 11.1 Å². The molecule has 0 saturated heterocycles. The van der Waals surface area contributed by atoms with Crippen LogP contribution < -0.4 is 19.5 Å². The number of nitrogens with one attached hydrogen (secondary N) is 1. The van der Waals surface area contributed by atoms with Gasteiger partial charge in [-0.05, 0) is 96.0 Å². The zero-order chi connectivity index (χ0) is 24.9. The van der Waals surface area contributed by atoms with E-state index in [1.165, 1.54) is 5.57 Å². The Labute approximate surface area is 212 Å². The molecule has 0 radical (unpaired) electrons. The average Bonchev–Trinajstić information content (AvgIpc) is 3.62. The van der Waals surface area contributed by atoms with Gasteiger partial charge in [0.05, 0.1) is 0 Å². The van der Waals surface area contributed by atoms with Crippen molar-refractivity contribution in [2.45, 2.75) is 32.3 Å². The number of aliphatic hydroxyl groups is 1. The molecule has 3 aromatic rings. The third-order valence-corrected chi connectivity index (χ3v) is 6.49. The van der Waals surface area contributed by atoms with Crippen molar-refractivity contribution < 1.29 is 24.4 Å².